The predicted molar refractivity (Wildman–Crippen MR) is 55.9 cm³/mol. The highest BCUT2D eigenvalue weighted by Gasteiger charge is 2.47. The first-order valence-electron chi connectivity index (χ1n) is 5.65. The van der Waals surface area contributed by atoms with Crippen LogP contribution in [0, 0.1) is 5.92 Å². The summed E-state index contributed by atoms with van der Waals surface area (Å²) in [4.78, 5) is 2.62. The highest BCUT2D eigenvalue weighted by Crippen LogP contribution is 2.46. The van der Waals surface area contributed by atoms with Crippen LogP contribution in [0.4, 0.5) is 0 Å². The molecule has 1 aliphatic carbocycles. The molecule has 0 aromatic carbocycles. The lowest BCUT2D eigenvalue weighted by atomic mass is 9.82. The van der Waals surface area contributed by atoms with E-state index in [-0.39, 0.29) is 0 Å². The third kappa shape index (κ3) is 1.62. The van der Waals surface area contributed by atoms with Gasteiger partial charge in [-0.3, -0.25) is 4.90 Å². The molecule has 2 fully saturated rings. The summed E-state index contributed by atoms with van der Waals surface area (Å²) in [5.74, 6) is 0.991. The maximum absolute atomic E-state index is 3.39. The fourth-order valence-electron chi connectivity index (χ4n) is 3.00. The van der Waals surface area contributed by atoms with Crippen molar-refractivity contribution in [3.05, 3.63) is 0 Å². The summed E-state index contributed by atoms with van der Waals surface area (Å²) in [7, 11) is 4.40. The molecule has 2 nitrogen and oxygen atoms in total. The molecular formula is C11H22N2. The van der Waals surface area contributed by atoms with Crippen LogP contribution in [-0.2, 0) is 0 Å². The molecule has 0 aromatic rings. The van der Waals surface area contributed by atoms with Gasteiger partial charge in [-0.1, -0.05) is 6.42 Å². The van der Waals surface area contributed by atoms with Crippen molar-refractivity contribution in [3.63, 3.8) is 0 Å². The second kappa shape index (κ2) is 3.58. The Balaban J connectivity index is 2.08. The lowest BCUT2D eigenvalue weighted by Gasteiger charge is -2.46. The molecule has 1 saturated heterocycles. The van der Waals surface area contributed by atoms with Gasteiger partial charge in [0.15, 0.2) is 0 Å². The Hall–Kier alpha value is -0.0800. The Labute approximate surface area is 81.7 Å². The Morgan fingerprint density at radius 2 is 2.15 bits per heavy atom. The van der Waals surface area contributed by atoms with E-state index >= 15 is 0 Å². The SMILES string of the molecule is CNCC1(C2CC2)CCCCN1C. The van der Waals surface area contributed by atoms with E-state index in [0.29, 0.717) is 5.54 Å². The van der Waals surface area contributed by atoms with E-state index < -0.39 is 0 Å². The van der Waals surface area contributed by atoms with Crippen molar-refractivity contribution in [2.75, 3.05) is 27.2 Å². The Morgan fingerprint density at radius 1 is 1.38 bits per heavy atom. The van der Waals surface area contributed by atoms with E-state index in [1.54, 1.807) is 0 Å². The highest BCUT2D eigenvalue weighted by atomic mass is 15.2. The summed E-state index contributed by atoms with van der Waals surface area (Å²) in [5, 5.41) is 3.39. The zero-order chi connectivity index (χ0) is 9.31. The van der Waals surface area contributed by atoms with Crippen LogP contribution in [-0.4, -0.2) is 37.6 Å². The monoisotopic (exact) mass is 182 g/mol. The van der Waals surface area contributed by atoms with Crippen LogP contribution in [0.1, 0.15) is 32.1 Å². The van der Waals surface area contributed by atoms with Gasteiger partial charge in [0.2, 0.25) is 0 Å². The summed E-state index contributed by atoms with van der Waals surface area (Å²) in [5.41, 5.74) is 0.521. The maximum Gasteiger partial charge on any atom is 0.0358 e. The number of piperidine rings is 1. The molecule has 0 spiro atoms. The second-order valence-electron chi connectivity index (χ2n) is 4.79. The van der Waals surface area contributed by atoms with Gasteiger partial charge in [0.05, 0.1) is 0 Å². The molecular weight excluding hydrogens is 160 g/mol. The van der Waals surface area contributed by atoms with Gasteiger partial charge in [0, 0.05) is 12.1 Å². The first-order chi connectivity index (χ1) is 6.29. The number of nitrogens with one attached hydrogen (secondary N) is 1. The van der Waals surface area contributed by atoms with E-state index in [1.165, 1.54) is 45.2 Å². The van der Waals surface area contributed by atoms with Crippen molar-refractivity contribution in [2.24, 2.45) is 5.92 Å². The molecule has 13 heavy (non-hydrogen) atoms. The summed E-state index contributed by atoms with van der Waals surface area (Å²) in [6.07, 6.45) is 7.17. The Morgan fingerprint density at radius 3 is 2.69 bits per heavy atom. The third-order valence-electron chi connectivity index (χ3n) is 3.93. The summed E-state index contributed by atoms with van der Waals surface area (Å²) < 4.78 is 0. The van der Waals surface area contributed by atoms with Gasteiger partial charge in [-0.05, 0) is 52.2 Å². The van der Waals surface area contributed by atoms with Crippen molar-refractivity contribution in [3.8, 4) is 0 Å². The number of likely N-dealkylation sites (N-methyl/N-ethyl adjacent to an activating group) is 2. The molecule has 1 N–H and O–H groups in total. The van der Waals surface area contributed by atoms with Gasteiger partial charge < -0.3 is 5.32 Å². The fraction of sp³-hybridized carbons (Fsp3) is 1.00. The van der Waals surface area contributed by atoms with E-state index in [1.807, 2.05) is 0 Å². The number of hydrogen-bond donors (Lipinski definition) is 1. The Kier molecular flexibility index (Phi) is 2.61. The van der Waals surface area contributed by atoms with E-state index in [4.69, 9.17) is 0 Å². The first-order valence-corrected chi connectivity index (χ1v) is 5.65. The van der Waals surface area contributed by atoms with Crippen LogP contribution >= 0.6 is 0 Å². The molecule has 2 aliphatic rings. The largest absolute Gasteiger partial charge is 0.318 e. The minimum absolute atomic E-state index is 0.521. The molecule has 2 rings (SSSR count). The quantitative estimate of drug-likeness (QED) is 0.711. The lowest BCUT2D eigenvalue weighted by Crippen LogP contribution is -2.56. The normalized spacial score (nSPS) is 36.5. The molecule has 0 amide bonds. The van der Waals surface area contributed by atoms with Crippen LogP contribution in [0.3, 0.4) is 0 Å². The van der Waals surface area contributed by atoms with E-state index in [9.17, 15) is 0 Å². The number of hydrogen-bond acceptors (Lipinski definition) is 2. The molecule has 1 heterocycles. The van der Waals surface area contributed by atoms with Gasteiger partial charge in [-0.2, -0.15) is 0 Å². The molecule has 1 saturated carbocycles. The van der Waals surface area contributed by atoms with Crippen molar-refractivity contribution in [1.82, 2.24) is 10.2 Å². The van der Waals surface area contributed by atoms with E-state index in [0.717, 1.165) is 5.92 Å². The number of nitrogens with zero attached hydrogens (tertiary/aromatic N) is 1. The molecule has 0 bridgehead atoms. The van der Waals surface area contributed by atoms with Crippen molar-refractivity contribution >= 4 is 0 Å². The standard InChI is InChI=1S/C11H22N2/c1-12-9-11(10-5-6-10)7-3-4-8-13(11)2/h10,12H,3-9H2,1-2H3. The van der Waals surface area contributed by atoms with Crippen molar-refractivity contribution in [2.45, 2.75) is 37.6 Å². The summed E-state index contributed by atoms with van der Waals surface area (Å²) in [6, 6.07) is 0. The fourth-order valence-corrected chi connectivity index (χ4v) is 3.00. The molecule has 1 aliphatic heterocycles. The van der Waals surface area contributed by atoms with Crippen LogP contribution in [0.2, 0.25) is 0 Å². The average molecular weight is 182 g/mol. The molecule has 2 heteroatoms. The Bertz CT molecular complexity index is 173. The second-order valence-corrected chi connectivity index (χ2v) is 4.79. The molecule has 76 valence electrons. The summed E-state index contributed by atoms with van der Waals surface area (Å²) >= 11 is 0. The molecule has 1 unspecified atom stereocenters. The van der Waals surface area contributed by atoms with Gasteiger partial charge >= 0.3 is 0 Å². The maximum atomic E-state index is 3.39. The average Bonchev–Trinajstić information content (AvgIpc) is 2.92. The topological polar surface area (TPSA) is 15.3 Å². The zero-order valence-electron chi connectivity index (χ0n) is 8.97. The number of likely N-dealkylation sites (tertiary alicyclic amines) is 1. The van der Waals surface area contributed by atoms with Gasteiger partial charge in [0.25, 0.3) is 0 Å². The number of rotatable bonds is 3. The smallest absolute Gasteiger partial charge is 0.0358 e. The molecule has 0 radical (unpaired) electrons. The van der Waals surface area contributed by atoms with Crippen LogP contribution in [0.15, 0.2) is 0 Å². The zero-order valence-corrected chi connectivity index (χ0v) is 8.97. The summed E-state index contributed by atoms with van der Waals surface area (Å²) in [6.45, 7) is 2.49. The van der Waals surface area contributed by atoms with Crippen molar-refractivity contribution in [1.29, 1.82) is 0 Å². The van der Waals surface area contributed by atoms with Crippen LogP contribution < -0.4 is 5.32 Å². The highest BCUT2D eigenvalue weighted by molar-refractivity contribution is 5.04. The van der Waals surface area contributed by atoms with Gasteiger partial charge in [0.1, 0.15) is 0 Å². The van der Waals surface area contributed by atoms with Crippen LogP contribution in [0.25, 0.3) is 0 Å². The first kappa shape index (κ1) is 9.47. The van der Waals surface area contributed by atoms with Crippen molar-refractivity contribution < 1.29 is 0 Å². The molecule has 1 atom stereocenters. The molecule has 0 aromatic heterocycles. The van der Waals surface area contributed by atoms with Gasteiger partial charge in [-0.25, -0.2) is 0 Å². The third-order valence-corrected chi connectivity index (χ3v) is 3.93. The lowest BCUT2D eigenvalue weighted by molar-refractivity contribution is 0.0532. The minimum Gasteiger partial charge on any atom is -0.318 e. The van der Waals surface area contributed by atoms with Gasteiger partial charge in [-0.15, -0.1) is 0 Å². The minimum atomic E-state index is 0.521. The van der Waals surface area contributed by atoms with E-state index in [2.05, 4.69) is 24.3 Å². The predicted octanol–water partition coefficient (Wildman–Crippen LogP) is 1.47. The van der Waals surface area contributed by atoms with Crippen LogP contribution in [0.5, 0.6) is 0 Å².